The Balaban J connectivity index is 1.83. The maximum atomic E-state index is 6.33. The van der Waals surface area contributed by atoms with E-state index in [1.54, 1.807) is 23.1 Å². The highest BCUT2D eigenvalue weighted by Crippen LogP contribution is 2.34. The van der Waals surface area contributed by atoms with Crippen molar-refractivity contribution in [3.05, 3.63) is 34.6 Å². The molecule has 21 heavy (non-hydrogen) atoms. The Morgan fingerprint density at radius 3 is 3.00 bits per heavy atom. The fourth-order valence-corrected chi connectivity index (χ4v) is 4.54. The Hall–Kier alpha value is -1.24. The Bertz CT molecular complexity index is 794. The summed E-state index contributed by atoms with van der Waals surface area (Å²) in [6.07, 6.45) is 0. The largest absolute Gasteiger partial charge is 0.399 e. The van der Waals surface area contributed by atoms with Crippen LogP contribution in [0.25, 0.3) is 10.2 Å². The Kier molecular flexibility index (Phi) is 4.10. The second-order valence-electron chi connectivity index (χ2n) is 4.66. The van der Waals surface area contributed by atoms with Crippen LogP contribution < -0.4 is 5.73 Å². The number of anilines is 1. The molecule has 0 aliphatic heterocycles. The number of aromatic nitrogens is 3. The van der Waals surface area contributed by atoms with E-state index in [2.05, 4.69) is 17.0 Å². The van der Waals surface area contributed by atoms with E-state index in [9.17, 15) is 0 Å². The number of nitrogens with zero attached hydrogens (tertiary/aromatic N) is 3. The molecular weight excluding hydrogens is 324 g/mol. The van der Waals surface area contributed by atoms with E-state index < -0.39 is 0 Å². The molecule has 0 aliphatic rings. The third-order valence-electron chi connectivity index (χ3n) is 3.18. The van der Waals surface area contributed by atoms with Gasteiger partial charge in [-0.25, -0.2) is 4.98 Å². The van der Waals surface area contributed by atoms with Crippen LogP contribution in [0, 0.1) is 6.92 Å². The van der Waals surface area contributed by atoms with Crippen molar-refractivity contribution >= 4 is 50.6 Å². The molecule has 1 aromatic carbocycles. The molecule has 0 unspecified atom stereocenters. The molecular formula is C14H15ClN4S2. The first-order valence-corrected chi connectivity index (χ1v) is 8.77. The topological polar surface area (TPSA) is 56.7 Å². The third kappa shape index (κ3) is 2.88. The standard InChI is InChI=1S/C14H15ClN4S2/c1-3-19-11(13(15)8(2)18-19)7-20-14-17-10-5-4-9(16)6-12(10)21-14/h4-6H,3,7,16H2,1-2H3. The molecule has 0 aliphatic carbocycles. The van der Waals surface area contributed by atoms with Gasteiger partial charge in [-0.1, -0.05) is 23.4 Å². The van der Waals surface area contributed by atoms with Gasteiger partial charge in [-0.2, -0.15) is 5.10 Å². The van der Waals surface area contributed by atoms with Gasteiger partial charge in [0, 0.05) is 18.0 Å². The molecule has 2 N–H and O–H groups in total. The van der Waals surface area contributed by atoms with Crippen molar-refractivity contribution in [1.29, 1.82) is 0 Å². The number of nitrogens with two attached hydrogens (primary N) is 1. The molecule has 0 fully saturated rings. The summed E-state index contributed by atoms with van der Waals surface area (Å²) < 4.78 is 4.09. The van der Waals surface area contributed by atoms with Gasteiger partial charge in [0.25, 0.3) is 0 Å². The predicted molar refractivity (Wildman–Crippen MR) is 91.2 cm³/mol. The molecule has 3 rings (SSSR count). The minimum absolute atomic E-state index is 0.759. The molecule has 2 heterocycles. The lowest BCUT2D eigenvalue weighted by molar-refractivity contribution is 0.632. The molecule has 3 aromatic rings. The van der Waals surface area contributed by atoms with Gasteiger partial charge >= 0.3 is 0 Å². The number of halogens is 1. The predicted octanol–water partition coefficient (Wildman–Crippen LogP) is 4.35. The number of aryl methyl sites for hydroxylation is 2. The van der Waals surface area contributed by atoms with Crippen LogP contribution >= 0.6 is 34.7 Å². The summed E-state index contributed by atoms with van der Waals surface area (Å²) in [5.41, 5.74) is 9.50. The lowest BCUT2D eigenvalue weighted by Crippen LogP contribution is -2.01. The minimum Gasteiger partial charge on any atom is -0.399 e. The maximum Gasteiger partial charge on any atom is 0.151 e. The number of thioether (sulfide) groups is 1. The number of benzene rings is 1. The summed E-state index contributed by atoms with van der Waals surface area (Å²) in [6.45, 7) is 4.82. The van der Waals surface area contributed by atoms with Crippen LogP contribution in [0.4, 0.5) is 5.69 Å². The van der Waals surface area contributed by atoms with Gasteiger partial charge < -0.3 is 5.73 Å². The van der Waals surface area contributed by atoms with Crippen molar-refractivity contribution < 1.29 is 0 Å². The SMILES string of the molecule is CCn1nc(C)c(Cl)c1CSc1nc2ccc(N)cc2s1. The van der Waals surface area contributed by atoms with E-state index in [0.29, 0.717) is 0 Å². The summed E-state index contributed by atoms with van der Waals surface area (Å²) in [6, 6.07) is 5.80. The van der Waals surface area contributed by atoms with E-state index in [4.69, 9.17) is 17.3 Å². The second kappa shape index (κ2) is 5.87. The van der Waals surface area contributed by atoms with Gasteiger partial charge in [-0.05, 0) is 32.0 Å². The third-order valence-corrected chi connectivity index (χ3v) is 5.84. The van der Waals surface area contributed by atoms with Gasteiger partial charge in [0.1, 0.15) is 0 Å². The molecule has 110 valence electrons. The lowest BCUT2D eigenvalue weighted by Gasteiger charge is -2.03. The minimum atomic E-state index is 0.759. The smallest absolute Gasteiger partial charge is 0.151 e. The van der Waals surface area contributed by atoms with Crippen LogP contribution in [0.15, 0.2) is 22.5 Å². The summed E-state index contributed by atoms with van der Waals surface area (Å²) in [7, 11) is 0. The van der Waals surface area contributed by atoms with Gasteiger partial charge in [-0.15, -0.1) is 11.3 Å². The van der Waals surface area contributed by atoms with E-state index in [1.165, 1.54) is 0 Å². The highest BCUT2D eigenvalue weighted by molar-refractivity contribution is 8.00. The number of thiazole rings is 1. The normalized spacial score (nSPS) is 11.4. The number of nitrogen functional groups attached to an aromatic ring is 1. The number of hydrogen-bond donors (Lipinski definition) is 1. The Morgan fingerprint density at radius 1 is 1.43 bits per heavy atom. The van der Waals surface area contributed by atoms with Gasteiger partial charge in [0.2, 0.25) is 0 Å². The van der Waals surface area contributed by atoms with E-state index in [-0.39, 0.29) is 0 Å². The first-order valence-electron chi connectivity index (χ1n) is 6.59. The fourth-order valence-electron chi connectivity index (χ4n) is 2.12. The maximum absolute atomic E-state index is 6.33. The first kappa shape index (κ1) is 14.7. The molecule has 0 spiro atoms. The second-order valence-corrected chi connectivity index (χ2v) is 7.29. The highest BCUT2D eigenvalue weighted by atomic mass is 35.5. The molecule has 0 saturated heterocycles. The van der Waals surface area contributed by atoms with Gasteiger partial charge in [-0.3, -0.25) is 4.68 Å². The Morgan fingerprint density at radius 2 is 2.24 bits per heavy atom. The molecule has 4 nitrogen and oxygen atoms in total. The van der Waals surface area contributed by atoms with Crippen molar-refractivity contribution in [1.82, 2.24) is 14.8 Å². The highest BCUT2D eigenvalue weighted by Gasteiger charge is 2.14. The molecule has 7 heteroatoms. The van der Waals surface area contributed by atoms with Crippen molar-refractivity contribution in [2.45, 2.75) is 30.5 Å². The van der Waals surface area contributed by atoms with E-state index >= 15 is 0 Å². The zero-order valence-corrected chi connectivity index (χ0v) is 14.1. The quantitative estimate of drug-likeness (QED) is 0.567. The molecule has 0 bridgehead atoms. The van der Waals surface area contributed by atoms with Crippen LogP contribution in [0.2, 0.25) is 5.02 Å². The summed E-state index contributed by atoms with van der Waals surface area (Å²) in [4.78, 5) is 4.61. The zero-order valence-electron chi connectivity index (χ0n) is 11.8. The number of fused-ring (bicyclic) bond motifs is 1. The van der Waals surface area contributed by atoms with E-state index in [1.807, 2.05) is 29.8 Å². The average Bonchev–Trinajstić information content (AvgIpc) is 2.98. The van der Waals surface area contributed by atoms with Crippen LogP contribution in [0.3, 0.4) is 0 Å². The molecule has 2 aromatic heterocycles. The van der Waals surface area contributed by atoms with Crippen LogP contribution in [-0.2, 0) is 12.3 Å². The van der Waals surface area contributed by atoms with Crippen molar-refractivity contribution in [2.75, 3.05) is 5.73 Å². The lowest BCUT2D eigenvalue weighted by atomic mass is 10.3. The number of rotatable bonds is 4. The van der Waals surface area contributed by atoms with Crippen molar-refractivity contribution in [3.8, 4) is 0 Å². The average molecular weight is 339 g/mol. The van der Waals surface area contributed by atoms with Gasteiger partial charge in [0.15, 0.2) is 4.34 Å². The monoisotopic (exact) mass is 338 g/mol. The van der Waals surface area contributed by atoms with Gasteiger partial charge in [0.05, 0.1) is 26.6 Å². The summed E-state index contributed by atoms with van der Waals surface area (Å²) >= 11 is 9.67. The van der Waals surface area contributed by atoms with E-state index in [0.717, 1.165) is 49.0 Å². The molecule has 0 saturated carbocycles. The van der Waals surface area contributed by atoms with Crippen LogP contribution in [-0.4, -0.2) is 14.8 Å². The summed E-state index contributed by atoms with van der Waals surface area (Å²) in [5, 5.41) is 5.19. The zero-order chi connectivity index (χ0) is 15.0. The molecule has 0 amide bonds. The molecule has 0 atom stereocenters. The fraction of sp³-hybridized carbons (Fsp3) is 0.286. The Labute approximate surface area is 136 Å². The van der Waals surface area contributed by atoms with Crippen LogP contribution in [0.1, 0.15) is 18.3 Å². The van der Waals surface area contributed by atoms with Crippen molar-refractivity contribution in [3.63, 3.8) is 0 Å². The first-order chi connectivity index (χ1) is 10.1. The van der Waals surface area contributed by atoms with Crippen molar-refractivity contribution in [2.24, 2.45) is 0 Å². The number of hydrogen-bond acceptors (Lipinski definition) is 5. The summed E-state index contributed by atoms with van der Waals surface area (Å²) in [5.74, 6) is 0.767. The van der Waals surface area contributed by atoms with Crippen LogP contribution in [0.5, 0.6) is 0 Å². The molecule has 0 radical (unpaired) electrons.